The van der Waals surface area contributed by atoms with Gasteiger partial charge in [-0.2, -0.15) is 0 Å². The van der Waals surface area contributed by atoms with E-state index >= 15 is 0 Å². The van der Waals surface area contributed by atoms with Crippen LogP contribution in [0.2, 0.25) is 0 Å². The van der Waals surface area contributed by atoms with E-state index in [9.17, 15) is 9.90 Å². The molecule has 0 spiro atoms. The van der Waals surface area contributed by atoms with E-state index in [2.05, 4.69) is 34.7 Å². The summed E-state index contributed by atoms with van der Waals surface area (Å²) in [4.78, 5) is 19.9. The molecule has 1 aromatic carbocycles. The molecule has 158 valence electrons. The van der Waals surface area contributed by atoms with Crippen molar-refractivity contribution >= 4 is 33.3 Å². The number of amides is 1. The number of carbonyl (C=O) groups excluding carboxylic acids is 1. The van der Waals surface area contributed by atoms with E-state index in [1.54, 1.807) is 11.3 Å². The SMILES string of the molecule is CCNC(=NCC(O)c1cc2ccccc2s1)NCCC(=O)N1CCCCC1C. The van der Waals surface area contributed by atoms with Crippen LogP contribution in [0.3, 0.4) is 0 Å². The summed E-state index contributed by atoms with van der Waals surface area (Å²) in [6.07, 6.45) is 3.22. The quantitative estimate of drug-likeness (QED) is 0.478. The van der Waals surface area contributed by atoms with Crippen LogP contribution in [-0.4, -0.2) is 54.1 Å². The van der Waals surface area contributed by atoms with Gasteiger partial charge in [0, 0.05) is 41.7 Å². The number of carbonyl (C=O) groups is 1. The van der Waals surface area contributed by atoms with Crippen molar-refractivity contribution in [3.05, 3.63) is 35.2 Å². The second kappa shape index (κ2) is 10.6. The lowest BCUT2D eigenvalue weighted by Crippen LogP contribution is -2.44. The van der Waals surface area contributed by atoms with Gasteiger partial charge in [0.2, 0.25) is 5.91 Å². The average Bonchev–Trinajstić information content (AvgIpc) is 3.16. The Hall–Kier alpha value is -2.12. The van der Waals surface area contributed by atoms with Crippen LogP contribution in [-0.2, 0) is 4.79 Å². The molecule has 1 aliphatic rings. The number of rotatable bonds is 7. The van der Waals surface area contributed by atoms with E-state index in [1.807, 2.05) is 30.0 Å². The van der Waals surface area contributed by atoms with Gasteiger partial charge in [-0.1, -0.05) is 18.2 Å². The van der Waals surface area contributed by atoms with Crippen LogP contribution in [0.5, 0.6) is 0 Å². The maximum absolute atomic E-state index is 12.5. The van der Waals surface area contributed by atoms with Crippen molar-refractivity contribution in [1.82, 2.24) is 15.5 Å². The molecule has 0 aliphatic carbocycles. The van der Waals surface area contributed by atoms with Crippen LogP contribution in [0.1, 0.15) is 50.5 Å². The molecule has 2 atom stereocenters. The fourth-order valence-electron chi connectivity index (χ4n) is 3.68. The number of fused-ring (bicyclic) bond motifs is 1. The summed E-state index contributed by atoms with van der Waals surface area (Å²) in [7, 11) is 0. The molecule has 0 radical (unpaired) electrons. The van der Waals surface area contributed by atoms with Crippen molar-refractivity contribution in [3.8, 4) is 0 Å². The number of likely N-dealkylation sites (tertiary alicyclic amines) is 1. The average molecular weight is 417 g/mol. The number of aliphatic hydroxyl groups excluding tert-OH is 1. The molecule has 3 rings (SSSR count). The summed E-state index contributed by atoms with van der Waals surface area (Å²) in [5, 5.41) is 18.1. The smallest absolute Gasteiger partial charge is 0.224 e. The summed E-state index contributed by atoms with van der Waals surface area (Å²) in [5.41, 5.74) is 0. The number of hydrogen-bond donors (Lipinski definition) is 3. The molecule has 3 N–H and O–H groups in total. The molecule has 1 amide bonds. The van der Waals surface area contributed by atoms with Crippen LogP contribution >= 0.6 is 11.3 Å². The Labute approximate surface area is 177 Å². The number of guanidine groups is 1. The van der Waals surface area contributed by atoms with E-state index in [-0.39, 0.29) is 12.5 Å². The molecular formula is C22H32N4O2S. The number of aliphatic hydroxyl groups is 1. The van der Waals surface area contributed by atoms with Crippen molar-refractivity contribution in [2.24, 2.45) is 4.99 Å². The van der Waals surface area contributed by atoms with Crippen molar-refractivity contribution in [1.29, 1.82) is 0 Å². The van der Waals surface area contributed by atoms with Crippen LogP contribution in [0, 0.1) is 0 Å². The summed E-state index contributed by atoms with van der Waals surface area (Å²) in [6.45, 7) is 6.54. The summed E-state index contributed by atoms with van der Waals surface area (Å²) in [6, 6.07) is 10.5. The highest BCUT2D eigenvalue weighted by Crippen LogP contribution is 2.29. The monoisotopic (exact) mass is 416 g/mol. The Bertz CT molecular complexity index is 802. The topological polar surface area (TPSA) is 77.0 Å². The van der Waals surface area contributed by atoms with Gasteiger partial charge in [0.05, 0.1) is 6.54 Å². The van der Waals surface area contributed by atoms with Crippen LogP contribution < -0.4 is 10.6 Å². The molecule has 1 fully saturated rings. The molecule has 2 heterocycles. The molecule has 0 saturated carbocycles. The van der Waals surface area contributed by atoms with Crippen LogP contribution in [0.25, 0.3) is 10.1 Å². The minimum Gasteiger partial charge on any atom is -0.386 e. The second-order valence-corrected chi connectivity index (χ2v) is 8.65. The molecule has 0 bridgehead atoms. The Balaban J connectivity index is 1.51. The first kappa shape index (κ1) is 21.6. The zero-order chi connectivity index (χ0) is 20.6. The third-order valence-electron chi connectivity index (χ3n) is 5.29. The zero-order valence-electron chi connectivity index (χ0n) is 17.4. The van der Waals surface area contributed by atoms with Gasteiger partial charge >= 0.3 is 0 Å². The van der Waals surface area contributed by atoms with Crippen molar-refractivity contribution in [2.75, 3.05) is 26.2 Å². The Kier molecular flexibility index (Phi) is 7.89. The van der Waals surface area contributed by atoms with E-state index in [0.717, 1.165) is 36.2 Å². The molecule has 7 heteroatoms. The van der Waals surface area contributed by atoms with Gasteiger partial charge < -0.3 is 20.6 Å². The predicted octanol–water partition coefficient (Wildman–Crippen LogP) is 3.28. The molecule has 2 unspecified atom stereocenters. The van der Waals surface area contributed by atoms with E-state index in [4.69, 9.17) is 0 Å². The molecule has 1 aliphatic heterocycles. The Morgan fingerprint density at radius 1 is 1.34 bits per heavy atom. The predicted molar refractivity (Wildman–Crippen MR) is 120 cm³/mol. The van der Waals surface area contributed by atoms with E-state index in [0.29, 0.717) is 25.0 Å². The summed E-state index contributed by atoms with van der Waals surface area (Å²) < 4.78 is 1.17. The molecule has 2 aromatic rings. The summed E-state index contributed by atoms with van der Waals surface area (Å²) >= 11 is 1.60. The largest absolute Gasteiger partial charge is 0.386 e. The second-order valence-electron chi connectivity index (χ2n) is 7.53. The van der Waals surface area contributed by atoms with Gasteiger partial charge in [-0.15, -0.1) is 11.3 Å². The van der Waals surface area contributed by atoms with Crippen LogP contribution in [0.4, 0.5) is 0 Å². The fourth-order valence-corrected chi connectivity index (χ4v) is 4.72. The van der Waals surface area contributed by atoms with E-state index in [1.165, 1.54) is 11.1 Å². The Morgan fingerprint density at radius 2 is 2.17 bits per heavy atom. The maximum atomic E-state index is 12.5. The van der Waals surface area contributed by atoms with Crippen molar-refractivity contribution < 1.29 is 9.90 Å². The van der Waals surface area contributed by atoms with Gasteiger partial charge in [-0.3, -0.25) is 9.79 Å². The highest BCUT2D eigenvalue weighted by Gasteiger charge is 2.22. The van der Waals surface area contributed by atoms with Gasteiger partial charge in [-0.25, -0.2) is 0 Å². The molecule has 1 saturated heterocycles. The number of piperidine rings is 1. The number of hydrogen-bond acceptors (Lipinski definition) is 4. The maximum Gasteiger partial charge on any atom is 0.224 e. The number of nitrogens with zero attached hydrogens (tertiary/aromatic N) is 2. The lowest BCUT2D eigenvalue weighted by molar-refractivity contribution is -0.134. The first-order valence-corrected chi connectivity index (χ1v) is 11.4. The molecule has 29 heavy (non-hydrogen) atoms. The third-order valence-corrected chi connectivity index (χ3v) is 6.51. The highest BCUT2D eigenvalue weighted by molar-refractivity contribution is 7.19. The first-order chi connectivity index (χ1) is 14.1. The van der Waals surface area contributed by atoms with Gasteiger partial charge in [0.15, 0.2) is 5.96 Å². The van der Waals surface area contributed by atoms with Crippen LogP contribution in [0.15, 0.2) is 35.3 Å². The lowest BCUT2D eigenvalue weighted by atomic mass is 10.0. The van der Waals surface area contributed by atoms with Gasteiger partial charge in [0.25, 0.3) is 0 Å². The molecule has 6 nitrogen and oxygen atoms in total. The first-order valence-electron chi connectivity index (χ1n) is 10.6. The van der Waals surface area contributed by atoms with Gasteiger partial charge in [-0.05, 0) is 50.6 Å². The minimum atomic E-state index is -0.640. The van der Waals surface area contributed by atoms with Crippen molar-refractivity contribution in [3.63, 3.8) is 0 Å². The zero-order valence-corrected chi connectivity index (χ0v) is 18.2. The number of benzene rings is 1. The standard InChI is InChI=1S/C22H32N4O2S/c1-3-23-22(24-12-11-21(28)26-13-7-6-8-16(26)2)25-15-18(27)20-14-17-9-4-5-10-19(17)29-20/h4-5,9-10,14,16,18,27H,3,6-8,11-13,15H2,1-2H3,(H2,23,24,25). The van der Waals surface area contributed by atoms with Gasteiger partial charge in [0.1, 0.15) is 6.10 Å². The molecule has 1 aromatic heterocycles. The molecular weight excluding hydrogens is 384 g/mol. The lowest BCUT2D eigenvalue weighted by Gasteiger charge is -2.33. The number of thiophene rings is 1. The van der Waals surface area contributed by atoms with E-state index < -0.39 is 6.10 Å². The fraction of sp³-hybridized carbons (Fsp3) is 0.545. The third kappa shape index (κ3) is 5.93. The number of aliphatic imine (C=N–C) groups is 1. The summed E-state index contributed by atoms with van der Waals surface area (Å²) in [5.74, 6) is 0.831. The Morgan fingerprint density at radius 3 is 2.93 bits per heavy atom. The van der Waals surface area contributed by atoms with Crippen molar-refractivity contribution in [2.45, 2.75) is 51.7 Å². The normalized spacial score (nSPS) is 18.7. The number of nitrogens with one attached hydrogen (secondary N) is 2. The minimum absolute atomic E-state index is 0.200. The highest BCUT2D eigenvalue weighted by atomic mass is 32.1.